The molecule has 0 aliphatic rings. The molecule has 0 bridgehead atoms. The molecule has 0 aromatic carbocycles. The first kappa shape index (κ1) is 7.52. The number of hydrogen-bond acceptors (Lipinski definition) is 0. The third kappa shape index (κ3) is 1.55. The van der Waals surface area contributed by atoms with Gasteiger partial charge in [0.25, 0.3) is 0 Å². The Balaban J connectivity index is 3.83. The average Bonchev–Trinajstić information content (AvgIpc) is 1.87. The van der Waals surface area contributed by atoms with Crippen LogP contribution >= 0.6 is 0 Å². The highest BCUT2D eigenvalue weighted by molar-refractivity contribution is 5.08. The van der Waals surface area contributed by atoms with Crippen molar-refractivity contribution in [3.05, 3.63) is 0 Å². The molecule has 0 aliphatic heterocycles. The van der Waals surface area contributed by atoms with Gasteiger partial charge in [0.2, 0.25) is 0 Å². The molecule has 1 heteroatoms. The second-order valence-corrected chi connectivity index (χ2v) is 1.93. The smallest absolute Gasteiger partial charge is 0.0919 e. The van der Waals surface area contributed by atoms with Crippen LogP contribution in [0.25, 0.3) is 0 Å². The fraction of sp³-hybridized carbons (Fsp3) is 0.714. The van der Waals surface area contributed by atoms with Gasteiger partial charge >= 0.3 is 0 Å². The first-order valence-corrected chi connectivity index (χ1v) is 2.91. The van der Waals surface area contributed by atoms with Gasteiger partial charge in [0.15, 0.2) is 0 Å². The molecule has 0 spiro atoms. The van der Waals surface area contributed by atoms with Gasteiger partial charge in [0, 0.05) is 0 Å². The minimum Gasteiger partial charge on any atom is -0.238 e. The Morgan fingerprint density at radius 2 is 1.88 bits per heavy atom. The average molecular weight is 110 g/mol. The van der Waals surface area contributed by atoms with Crippen LogP contribution in [-0.4, -0.2) is 5.54 Å². The lowest BCUT2D eigenvalue weighted by molar-refractivity contribution is 0.495. The van der Waals surface area contributed by atoms with Crippen molar-refractivity contribution in [3.63, 3.8) is 0 Å². The van der Waals surface area contributed by atoms with E-state index in [1.54, 1.807) is 0 Å². The van der Waals surface area contributed by atoms with E-state index in [-0.39, 0.29) is 0 Å². The maximum absolute atomic E-state index is 7.43. The van der Waals surface area contributed by atoms with E-state index in [1.807, 2.05) is 13.8 Å². The summed E-state index contributed by atoms with van der Waals surface area (Å²) in [5.74, 6) is 2.44. The van der Waals surface area contributed by atoms with Crippen molar-refractivity contribution in [3.8, 4) is 12.3 Å². The number of terminal acetylenes is 1. The molecule has 0 saturated carbocycles. The molecule has 0 amide bonds. The zero-order chi connectivity index (χ0) is 6.62. The summed E-state index contributed by atoms with van der Waals surface area (Å²) in [6, 6.07) is 0. The molecular weight excluding hydrogens is 98.1 g/mol. The van der Waals surface area contributed by atoms with E-state index < -0.39 is 5.54 Å². The Bertz CT molecular complexity index is 95.4. The van der Waals surface area contributed by atoms with Crippen LogP contribution in [0.5, 0.6) is 0 Å². The van der Waals surface area contributed by atoms with Gasteiger partial charge in [0.1, 0.15) is 0 Å². The van der Waals surface area contributed by atoms with Crippen LogP contribution in [0.3, 0.4) is 0 Å². The summed E-state index contributed by atoms with van der Waals surface area (Å²) in [5, 5.41) is 0. The maximum Gasteiger partial charge on any atom is 0.0919 e. The Morgan fingerprint density at radius 1 is 1.50 bits per heavy atom. The SMILES string of the molecule is C#CC([NH])(CC)CC. The highest BCUT2D eigenvalue weighted by Crippen LogP contribution is 2.10. The number of rotatable bonds is 2. The van der Waals surface area contributed by atoms with Gasteiger partial charge in [-0.05, 0) is 12.8 Å². The highest BCUT2D eigenvalue weighted by Gasteiger charge is 2.15. The second kappa shape index (κ2) is 2.74. The number of hydrogen-bond donors (Lipinski definition) is 0. The quantitative estimate of drug-likeness (QED) is 0.480. The lowest BCUT2D eigenvalue weighted by atomic mass is 9.96. The summed E-state index contributed by atoms with van der Waals surface area (Å²) in [6.07, 6.45) is 6.59. The molecule has 1 N–H and O–H groups in total. The predicted octanol–water partition coefficient (Wildman–Crippen LogP) is 1.46. The third-order valence-corrected chi connectivity index (χ3v) is 1.48. The van der Waals surface area contributed by atoms with Crippen molar-refractivity contribution in [2.24, 2.45) is 0 Å². The molecule has 0 aliphatic carbocycles. The van der Waals surface area contributed by atoms with E-state index in [1.165, 1.54) is 0 Å². The monoisotopic (exact) mass is 110 g/mol. The van der Waals surface area contributed by atoms with Gasteiger partial charge in [-0.25, -0.2) is 5.73 Å². The summed E-state index contributed by atoms with van der Waals surface area (Å²) in [4.78, 5) is 0. The van der Waals surface area contributed by atoms with Crippen molar-refractivity contribution in [2.75, 3.05) is 0 Å². The molecule has 0 saturated heterocycles. The van der Waals surface area contributed by atoms with Crippen molar-refractivity contribution in [1.29, 1.82) is 0 Å². The Hall–Kier alpha value is -0.480. The van der Waals surface area contributed by atoms with E-state index in [0.29, 0.717) is 0 Å². The summed E-state index contributed by atoms with van der Waals surface area (Å²) < 4.78 is 0. The molecule has 0 rings (SSSR count). The standard InChI is InChI=1S/C7H12N/c1-4-7(8,5-2)6-3/h1,8H,5-6H2,2-3H3. The van der Waals surface area contributed by atoms with Crippen molar-refractivity contribution in [1.82, 2.24) is 5.73 Å². The second-order valence-electron chi connectivity index (χ2n) is 1.93. The van der Waals surface area contributed by atoms with Crippen LogP contribution in [0.15, 0.2) is 0 Å². The maximum atomic E-state index is 7.43. The van der Waals surface area contributed by atoms with E-state index in [4.69, 9.17) is 12.2 Å². The molecule has 0 atom stereocenters. The summed E-state index contributed by atoms with van der Waals surface area (Å²) in [7, 11) is 0. The van der Waals surface area contributed by atoms with E-state index in [2.05, 4.69) is 5.92 Å². The minimum absolute atomic E-state index is 0.597. The van der Waals surface area contributed by atoms with Gasteiger partial charge in [-0.1, -0.05) is 19.8 Å². The Labute approximate surface area is 51.3 Å². The van der Waals surface area contributed by atoms with E-state index in [0.717, 1.165) is 12.8 Å². The molecular formula is C7H12N. The van der Waals surface area contributed by atoms with Crippen LogP contribution in [-0.2, 0) is 0 Å². The molecule has 0 aromatic rings. The topological polar surface area (TPSA) is 23.8 Å². The normalized spacial score (nSPS) is 10.8. The van der Waals surface area contributed by atoms with Crippen LogP contribution in [0, 0.1) is 12.3 Å². The molecule has 1 nitrogen and oxygen atoms in total. The molecule has 0 heterocycles. The van der Waals surface area contributed by atoms with Crippen LogP contribution < -0.4 is 5.73 Å². The van der Waals surface area contributed by atoms with Crippen molar-refractivity contribution in [2.45, 2.75) is 32.2 Å². The molecule has 0 fully saturated rings. The molecule has 0 unspecified atom stereocenters. The van der Waals surface area contributed by atoms with Gasteiger partial charge in [-0.15, -0.1) is 6.42 Å². The van der Waals surface area contributed by atoms with Gasteiger partial charge < -0.3 is 0 Å². The third-order valence-electron chi connectivity index (χ3n) is 1.48. The fourth-order valence-electron chi connectivity index (χ4n) is 0.454. The molecule has 0 aromatic heterocycles. The molecule has 45 valence electrons. The zero-order valence-corrected chi connectivity index (χ0v) is 5.49. The van der Waals surface area contributed by atoms with Gasteiger partial charge in [0.05, 0.1) is 5.54 Å². The predicted molar refractivity (Wildman–Crippen MR) is 35.2 cm³/mol. The largest absolute Gasteiger partial charge is 0.238 e. The van der Waals surface area contributed by atoms with E-state index in [9.17, 15) is 0 Å². The Morgan fingerprint density at radius 3 is 1.88 bits per heavy atom. The minimum atomic E-state index is -0.597. The first-order valence-electron chi connectivity index (χ1n) is 2.91. The molecule has 1 radical (unpaired) electrons. The summed E-state index contributed by atoms with van der Waals surface area (Å²) >= 11 is 0. The summed E-state index contributed by atoms with van der Waals surface area (Å²) in [5.41, 5.74) is 6.83. The lowest BCUT2D eigenvalue weighted by Gasteiger charge is -2.16. The fourth-order valence-corrected chi connectivity index (χ4v) is 0.454. The zero-order valence-electron chi connectivity index (χ0n) is 5.49. The van der Waals surface area contributed by atoms with Crippen LogP contribution in [0.4, 0.5) is 0 Å². The molecule has 8 heavy (non-hydrogen) atoms. The van der Waals surface area contributed by atoms with Crippen molar-refractivity contribution < 1.29 is 0 Å². The number of nitrogens with one attached hydrogen (secondary N) is 1. The van der Waals surface area contributed by atoms with Crippen LogP contribution in [0.2, 0.25) is 0 Å². The lowest BCUT2D eigenvalue weighted by Crippen LogP contribution is -2.25. The Kier molecular flexibility index (Phi) is 2.57. The van der Waals surface area contributed by atoms with E-state index >= 15 is 0 Å². The van der Waals surface area contributed by atoms with Gasteiger partial charge in [-0.2, -0.15) is 0 Å². The van der Waals surface area contributed by atoms with Crippen molar-refractivity contribution >= 4 is 0 Å². The first-order chi connectivity index (χ1) is 3.68. The van der Waals surface area contributed by atoms with Gasteiger partial charge in [-0.3, -0.25) is 0 Å². The highest BCUT2D eigenvalue weighted by atomic mass is 14.7. The van der Waals surface area contributed by atoms with Crippen LogP contribution in [0.1, 0.15) is 26.7 Å². The summed E-state index contributed by atoms with van der Waals surface area (Å²) in [6.45, 7) is 3.88.